The van der Waals surface area contributed by atoms with E-state index in [0.29, 0.717) is 6.04 Å². The second-order valence-electron chi connectivity index (χ2n) is 5.49. The van der Waals surface area contributed by atoms with Gasteiger partial charge in [-0.25, -0.2) is 4.99 Å². The molecule has 1 N–H and O–H groups in total. The maximum absolute atomic E-state index is 4.52. The lowest BCUT2D eigenvalue weighted by Gasteiger charge is -2.18. The SMILES string of the molecule is C=CCNC(CCC)C1=CC=C(C2=NCC(C)=N2)CC=C1. The Morgan fingerprint density at radius 2 is 2.29 bits per heavy atom. The van der Waals surface area contributed by atoms with Gasteiger partial charge >= 0.3 is 0 Å². The van der Waals surface area contributed by atoms with Gasteiger partial charge in [0.2, 0.25) is 0 Å². The summed E-state index contributed by atoms with van der Waals surface area (Å²) in [5.74, 6) is 0.903. The van der Waals surface area contributed by atoms with Crippen molar-refractivity contribution < 1.29 is 0 Å². The Labute approximate surface area is 128 Å². The monoisotopic (exact) mass is 283 g/mol. The highest BCUT2D eigenvalue weighted by atomic mass is 15.0. The molecule has 0 amide bonds. The van der Waals surface area contributed by atoms with Gasteiger partial charge in [0, 0.05) is 23.9 Å². The molecule has 0 aromatic rings. The van der Waals surface area contributed by atoms with Gasteiger partial charge < -0.3 is 5.32 Å². The molecule has 1 atom stereocenters. The molecule has 2 aliphatic rings. The van der Waals surface area contributed by atoms with E-state index in [0.717, 1.165) is 43.9 Å². The number of nitrogens with one attached hydrogen (secondary N) is 1. The Bertz CT molecular complexity index is 533. The highest BCUT2D eigenvalue weighted by Crippen LogP contribution is 2.19. The molecule has 3 nitrogen and oxygen atoms in total. The van der Waals surface area contributed by atoms with E-state index in [-0.39, 0.29) is 0 Å². The van der Waals surface area contributed by atoms with Gasteiger partial charge in [-0.15, -0.1) is 6.58 Å². The van der Waals surface area contributed by atoms with Crippen molar-refractivity contribution in [2.75, 3.05) is 13.1 Å². The van der Waals surface area contributed by atoms with Crippen molar-refractivity contribution in [2.45, 2.75) is 39.2 Å². The molecule has 0 spiro atoms. The molecule has 3 heteroatoms. The molecule has 1 aliphatic heterocycles. The van der Waals surface area contributed by atoms with Gasteiger partial charge in [0.25, 0.3) is 0 Å². The van der Waals surface area contributed by atoms with Crippen LogP contribution in [-0.4, -0.2) is 30.7 Å². The molecule has 1 unspecified atom stereocenters. The number of allylic oxidation sites excluding steroid dienone is 3. The highest BCUT2D eigenvalue weighted by Gasteiger charge is 2.14. The van der Waals surface area contributed by atoms with Crippen LogP contribution >= 0.6 is 0 Å². The van der Waals surface area contributed by atoms with E-state index in [2.05, 4.69) is 53.1 Å². The standard InChI is InChI=1S/C18H25N3/c1-4-7-17(19-12-5-2)15-8-6-9-16(11-10-15)18-20-13-14(3)21-18/h5-6,8,10-11,17,19H,2,4,7,9,12-13H2,1,3H3. The maximum atomic E-state index is 4.52. The van der Waals surface area contributed by atoms with Crippen molar-refractivity contribution in [3.8, 4) is 0 Å². The second-order valence-corrected chi connectivity index (χ2v) is 5.49. The Kier molecular flexibility index (Phi) is 5.88. The Hall–Kier alpha value is -1.74. The zero-order chi connectivity index (χ0) is 15.1. The van der Waals surface area contributed by atoms with Crippen LogP contribution in [0.15, 0.2) is 58.1 Å². The molecule has 0 bridgehead atoms. The van der Waals surface area contributed by atoms with E-state index in [4.69, 9.17) is 0 Å². The predicted octanol–water partition coefficient (Wildman–Crippen LogP) is 3.62. The number of rotatable bonds is 7. The van der Waals surface area contributed by atoms with E-state index >= 15 is 0 Å². The lowest BCUT2D eigenvalue weighted by Crippen LogP contribution is -2.30. The summed E-state index contributed by atoms with van der Waals surface area (Å²) in [6.07, 6.45) is 13.9. The summed E-state index contributed by atoms with van der Waals surface area (Å²) in [5, 5.41) is 3.53. The number of hydrogen-bond donors (Lipinski definition) is 1. The van der Waals surface area contributed by atoms with Crippen molar-refractivity contribution in [3.63, 3.8) is 0 Å². The molecule has 1 heterocycles. The molecule has 112 valence electrons. The zero-order valence-electron chi connectivity index (χ0n) is 13.1. The van der Waals surface area contributed by atoms with Crippen LogP contribution in [0.2, 0.25) is 0 Å². The number of nitrogens with zero attached hydrogens (tertiary/aromatic N) is 2. The average Bonchev–Trinajstić information content (AvgIpc) is 2.77. The van der Waals surface area contributed by atoms with Gasteiger partial charge in [-0.05, 0) is 25.3 Å². The molecular weight excluding hydrogens is 258 g/mol. The molecule has 0 aromatic carbocycles. The third-order valence-corrected chi connectivity index (χ3v) is 3.65. The topological polar surface area (TPSA) is 36.8 Å². The lowest BCUT2D eigenvalue weighted by atomic mass is 10.0. The summed E-state index contributed by atoms with van der Waals surface area (Å²) < 4.78 is 0. The molecule has 0 saturated heterocycles. The second kappa shape index (κ2) is 7.89. The molecule has 21 heavy (non-hydrogen) atoms. The minimum atomic E-state index is 0.385. The summed E-state index contributed by atoms with van der Waals surface area (Å²) in [6, 6.07) is 0.385. The largest absolute Gasteiger partial charge is 0.306 e. The van der Waals surface area contributed by atoms with Crippen molar-refractivity contribution >= 4 is 11.5 Å². The van der Waals surface area contributed by atoms with Gasteiger partial charge in [-0.3, -0.25) is 4.99 Å². The summed E-state index contributed by atoms with van der Waals surface area (Å²) in [7, 11) is 0. The van der Waals surface area contributed by atoms with Crippen LogP contribution in [0.1, 0.15) is 33.1 Å². The first-order chi connectivity index (χ1) is 10.2. The molecular formula is C18H25N3. The van der Waals surface area contributed by atoms with Crippen molar-refractivity contribution in [1.82, 2.24) is 5.32 Å². The average molecular weight is 283 g/mol. The molecule has 1 aliphatic carbocycles. The predicted molar refractivity (Wildman–Crippen MR) is 92.2 cm³/mol. The molecule has 2 rings (SSSR count). The van der Waals surface area contributed by atoms with Gasteiger partial charge in [0.05, 0.1) is 6.54 Å². The minimum absolute atomic E-state index is 0.385. The quantitative estimate of drug-likeness (QED) is 0.712. The fraction of sp³-hybridized carbons (Fsp3) is 0.444. The van der Waals surface area contributed by atoms with Crippen LogP contribution in [0.5, 0.6) is 0 Å². The zero-order valence-corrected chi connectivity index (χ0v) is 13.1. The minimum Gasteiger partial charge on any atom is -0.306 e. The summed E-state index contributed by atoms with van der Waals surface area (Å²) in [4.78, 5) is 9.01. The van der Waals surface area contributed by atoms with E-state index < -0.39 is 0 Å². The fourth-order valence-corrected chi connectivity index (χ4v) is 2.56. The van der Waals surface area contributed by atoms with Gasteiger partial charge in [-0.1, -0.05) is 43.7 Å². The van der Waals surface area contributed by atoms with Gasteiger partial charge in [-0.2, -0.15) is 0 Å². The first-order valence-corrected chi connectivity index (χ1v) is 7.75. The van der Waals surface area contributed by atoms with Crippen molar-refractivity contribution in [1.29, 1.82) is 0 Å². The summed E-state index contributed by atoms with van der Waals surface area (Å²) in [5.41, 5.74) is 3.63. The normalized spacial score (nSPS) is 19.3. The Morgan fingerprint density at radius 3 is 2.95 bits per heavy atom. The van der Waals surface area contributed by atoms with Crippen LogP contribution < -0.4 is 5.32 Å². The molecule has 0 aromatic heterocycles. The fourth-order valence-electron chi connectivity index (χ4n) is 2.56. The third-order valence-electron chi connectivity index (χ3n) is 3.65. The lowest BCUT2D eigenvalue weighted by molar-refractivity contribution is 0.565. The molecule has 0 radical (unpaired) electrons. The molecule has 0 saturated carbocycles. The van der Waals surface area contributed by atoms with E-state index in [1.54, 1.807) is 0 Å². The third kappa shape index (κ3) is 4.36. The summed E-state index contributed by atoms with van der Waals surface area (Å²) in [6.45, 7) is 9.61. The van der Waals surface area contributed by atoms with Crippen LogP contribution in [-0.2, 0) is 0 Å². The Balaban J connectivity index is 2.14. The van der Waals surface area contributed by atoms with E-state index in [1.807, 2.05) is 13.0 Å². The van der Waals surface area contributed by atoms with Crippen molar-refractivity contribution in [2.24, 2.45) is 9.98 Å². The first kappa shape index (κ1) is 15.6. The number of hydrogen-bond acceptors (Lipinski definition) is 3. The first-order valence-electron chi connectivity index (χ1n) is 7.75. The van der Waals surface area contributed by atoms with Crippen LogP contribution in [0.3, 0.4) is 0 Å². The van der Waals surface area contributed by atoms with Gasteiger partial charge in [0.1, 0.15) is 0 Å². The van der Waals surface area contributed by atoms with E-state index in [9.17, 15) is 0 Å². The van der Waals surface area contributed by atoms with Crippen molar-refractivity contribution in [3.05, 3.63) is 48.1 Å². The van der Waals surface area contributed by atoms with Crippen LogP contribution in [0.4, 0.5) is 0 Å². The summed E-state index contributed by atoms with van der Waals surface area (Å²) >= 11 is 0. The van der Waals surface area contributed by atoms with Crippen LogP contribution in [0.25, 0.3) is 0 Å². The van der Waals surface area contributed by atoms with E-state index in [1.165, 1.54) is 11.1 Å². The van der Waals surface area contributed by atoms with Gasteiger partial charge in [0.15, 0.2) is 5.84 Å². The Morgan fingerprint density at radius 1 is 1.43 bits per heavy atom. The maximum Gasteiger partial charge on any atom is 0.151 e. The number of aliphatic imine (C=N–C) groups is 2. The smallest absolute Gasteiger partial charge is 0.151 e. The number of amidine groups is 1. The molecule has 0 fully saturated rings. The highest BCUT2D eigenvalue weighted by molar-refractivity contribution is 6.11. The van der Waals surface area contributed by atoms with Crippen LogP contribution in [0, 0.1) is 0 Å².